The van der Waals surface area contributed by atoms with E-state index < -0.39 is 30.3 Å². The largest absolute Gasteiger partial charge is 0.490 e. The summed E-state index contributed by atoms with van der Waals surface area (Å²) < 4.78 is 53.5. The fraction of sp³-hybridized carbons (Fsp3) is 0.368. The minimum Gasteiger partial charge on any atom is -0.490 e. The average Bonchev–Trinajstić information content (AvgIpc) is 3.28. The van der Waals surface area contributed by atoms with E-state index in [0.717, 1.165) is 66.8 Å². The molecule has 70 heavy (non-hydrogen) atoms. The van der Waals surface area contributed by atoms with Crippen LogP contribution in [0.1, 0.15) is 94.0 Å². The number of fused-ring (bicyclic) bond motifs is 8. The van der Waals surface area contributed by atoms with E-state index in [2.05, 4.69) is 79.6 Å². The van der Waals surface area contributed by atoms with Gasteiger partial charge in [0, 0.05) is 36.8 Å². The van der Waals surface area contributed by atoms with Crippen LogP contribution in [0.15, 0.2) is 97.3 Å². The molecule has 0 radical (unpaired) electrons. The lowest BCUT2D eigenvalue weighted by Gasteiger charge is -2.24. The lowest BCUT2D eigenvalue weighted by molar-refractivity contribution is -0.153. The minimum absolute atomic E-state index is 0.000221. The molecule has 4 aromatic rings. The first kappa shape index (κ1) is 53.7. The van der Waals surface area contributed by atoms with Crippen LogP contribution in [0, 0.1) is 27.7 Å². The van der Waals surface area contributed by atoms with Crippen molar-refractivity contribution >= 4 is 23.9 Å². The standard InChI is InChI=1S/C57H66O13/c1-34(2)41(11)63-13-15-65-52-42-21-37(7)22-43(52)30-46-25-39(9)27-48(54(46)67-17-19-69-56(60)35(3)4)32-49-28-40(10)26-47(55(49)68-18-20-70-57(61)36(5)6)31-45-24-38(8)23-44(29-42)53(45)66-16-14-64-51(59)33-50(58)62-12/h21-28H,1,3,5,11,13-20,29-33H2,2,4,6-10,12H3. The molecule has 372 valence electrons. The Kier molecular flexibility index (Phi) is 19.4. The first-order valence-electron chi connectivity index (χ1n) is 23.2. The fourth-order valence-electron chi connectivity index (χ4n) is 8.10. The van der Waals surface area contributed by atoms with Gasteiger partial charge in [0.25, 0.3) is 0 Å². The molecular formula is C57H66O13. The summed E-state index contributed by atoms with van der Waals surface area (Å²) in [6.45, 7) is 28.9. The van der Waals surface area contributed by atoms with Gasteiger partial charge in [-0.3, -0.25) is 9.59 Å². The lowest BCUT2D eigenvalue weighted by Crippen LogP contribution is -2.17. The van der Waals surface area contributed by atoms with Crippen LogP contribution >= 0.6 is 0 Å². The number of esters is 4. The van der Waals surface area contributed by atoms with E-state index in [0.29, 0.717) is 60.0 Å². The number of allylic oxidation sites excluding steroid dienone is 1. The second kappa shape index (κ2) is 25.4. The topological polar surface area (TPSA) is 151 Å². The molecule has 0 heterocycles. The highest BCUT2D eigenvalue weighted by Crippen LogP contribution is 2.41. The van der Waals surface area contributed by atoms with E-state index in [9.17, 15) is 19.2 Å². The van der Waals surface area contributed by atoms with Gasteiger partial charge in [-0.15, -0.1) is 0 Å². The van der Waals surface area contributed by atoms with Gasteiger partial charge in [-0.25, -0.2) is 9.59 Å². The number of benzene rings is 4. The maximum atomic E-state index is 12.5. The van der Waals surface area contributed by atoms with E-state index in [1.54, 1.807) is 13.8 Å². The normalized spacial score (nSPS) is 11.6. The average molecular weight is 959 g/mol. The summed E-state index contributed by atoms with van der Waals surface area (Å²) in [6, 6.07) is 16.7. The summed E-state index contributed by atoms with van der Waals surface area (Å²) in [7, 11) is 1.21. The Labute approximate surface area is 412 Å². The predicted molar refractivity (Wildman–Crippen MR) is 267 cm³/mol. The third kappa shape index (κ3) is 15.4. The predicted octanol–water partition coefficient (Wildman–Crippen LogP) is 9.56. The van der Waals surface area contributed by atoms with E-state index in [1.165, 1.54) is 7.11 Å². The number of hydrogen-bond donors (Lipinski definition) is 0. The van der Waals surface area contributed by atoms with E-state index in [-0.39, 0.29) is 64.0 Å². The van der Waals surface area contributed by atoms with Crippen LogP contribution in [0.5, 0.6) is 23.0 Å². The van der Waals surface area contributed by atoms with Crippen molar-refractivity contribution in [1.29, 1.82) is 0 Å². The van der Waals surface area contributed by atoms with Crippen LogP contribution in [0.2, 0.25) is 0 Å². The second-order valence-corrected chi connectivity index (χ2v) is 17.6. The molecule has 0 aromatic heterocycles. The zero-order chi connectivity index (χ0) is 51.1. The Balaban J connectivity index is 1.72. The molecule has 0 N–H and O–H groups in total. The van der Waals surface area contributed by atoms with E-state index in [4.69, 9.17) is 37.9 Å². The first-order chi connectivity index (χ1) is 33.3. The highest BCUT2D eigenvalue weighted by Gasteiger charge is 2.24. The zero-order valence-corrected chi connectivity index (χ0v) is 41.9. The molecule has 0 amide bonds. The van der Waals surface area contributed by atoms with Gasteiger partial charge in [0.2, 0.25) is 0 Å². The van der Waals surface area contributed by atoms with Crippen LogP contribution in [0.25, 0.3) is 0 Å². The van der Waals surface area contributed by atoms with Crippen molar-refractivity contribution in [2.75, 3.05) is 60.0 Å². The summed E-state index contributed by atoms with van der Waals surface area (Å²) in [5.41, 5.74) is 12.2. The SMILES string of the molecule is C=C(C)C(=C)OCCOc1c2cc(C)cc1Cc1cc(C)cc(c1OCCOC(=O)C(=C)C)Cc1cc(C)cc(c1OCCOC(=O)C(=C)C)Cc1cc(C)cc(c1OCCOC(=O)CC(=O)OC)C2. The second-order valence-electron chi connectivity index (χ2n) is 17.6. The van der Waals surface area contributed by atoms with Gasteiger partial charge >= 0.3 is 23.9 Å². The molecule has 0 unspecified atom stereocenters. The summed E-state index contributed by atoms with van der Waals surface area (Å²) >= 11 is 0. The molecule has 1 aliphatic rings. The van der Waals surface area contributed by atoms with Crippen molar-refractivity contribution in [1.82, 2.24) is 0 Å². The molecule has 13 heteroatoms. The van der Waals surface area contributed by atoms with Crippen LogP contribution in [0.3, 0.4) is 0 Å². The van der Waals surface area contributed by atoms with Gasteiger partial charge < -0.3 is 42.6 Å². The molecule has 0 fully saturated rings. The summed E-state index contributed by atoms with van der Waals surface area (Å²) in [5.74, 6) is 0.518. The third-order valence-electron chi connectivity index (χ3n) is 11.1. The maximum Gasteiger partial charge on any atom is 0.333 e. The smallest absolute Gasteiger partial charge is 0.333 e. The van der Waals surface area contributed by atoms with Crippen molar-refractivity contribution in [3.05, 3.63) is 164 Å². The number of ether oxygens (including phenoxy) is 9. The van der Waals surface area contributed by atoms with Crippen molar-refractivity contribution in [2.45, 2.75) is 80.6 Å². The molecule has 1 aliphatic carbocycles. The van der Waals surface area contributed by atoms with Gasteiger partial charge in [0.15, 0.2) is 0 Å². The van der Waals surface area contributed by atoms with Crippen molar-refractivity contribution < 1.29 is 61.8 Å². The van der Waals surface area contributed by atoms with Gasteiger partial charge in [-0.1, -0.05) is 97.1 Å². The summed E-state index contributed by atoms with van der Waals surface area (Å²) in [6.07, 6.45) is 0.980. The lowest BCUT2D eigenvalue weighted by atomic mass is 9.88. The van der Waals surface area contributed by atoms with Gasteiger partial charge in [0.1, 0.15) is 88.0 Å². The van der Waals surface area contributed by atoms with Crippen LogP contribution < -0.4 is 18.9 Å². The molecule has 5 rings (SSSR count). The Morgan fingerprint density at radius 2 is 0.671 bits per heavy atom. The number of methoxy groups -OCH3 is 1. The highest BCUT2D eigenvalue weighted by molar-refractivity contribution is 5.91. The van der Waals surface area contributed by atoms with Crippen molar-refractivity contribution in [3.63, 3.8) is 0 Å². The Morgan fingerprint density at radius 1 is 0.400 bits per heavy atom. The fourth-order valence-corrected chi connectivity index (χ4v) is 8.10. The molecule has 0 atom stereocenters. The number of aryl methyl sites for hydroxylation is 4. The van der Waals surface area contributed by atoms with E-state index >= 15 is 0 Å². The zero-order valence-electron chi connectivity index (χ0n) is 41.9. The molecule has 0 aliphatic heterocycles. The van der Waals surface area contributed by atoms with Crippen LogP contribution in [-0.2, 0) is 68.5 Å². The molecule has 8 bridgehead atoms. The summed E-state index contributed by atoms with van der Waals surface area (Å²) in [4.78, 5) is 49.0. The number of hydrogen-bond acceptors (Lipinski definition) is 13. The maximum absolute atomic E-state index is 12.5. The van der Waals surface area contributed by atoms with Crippen LogP contribution in [-0.4, -0.2) is 83.8 Å². The minimum atomic E-state index is -0.728. The van der Waals surface area contributed by atoms with Crippen LogP contribution in [0.4, 0.5) is 0 Å². The molecule has 4 aromatic carbocycles. The number of carbonyl (C=O) groups is 4. The Hall–Kier alpha value is -7.28. The quantitative estimate of drug-likeness (QED) is 0.0123. The van der Waals surface area contributed by atoms with Gasteiger partial charge in [-0.2, -0.15) is 0 Å². The highest BCUT2D eigenvalue weighted by atomic mass is 16.6. The number of carbonyl (C=O) groups excluding carboxylic acids is 4. The Bertz CT molecular complexity index is 2510. The third-order valence-corrected chi connectivity index (χ3v) is 11.1. The first-order valence-corrected chi connectivity index (χ1v) is 23.2. The molecule has 13 nitrogen and oxygen atoms in total. The molecule has 0 saturated heterocycles. The van der Waals surface area contributed by atoms with Crippen molar-refractivity contribution in [2.24, 2.45) is 0 Å². The molecular weight excluding hydrogens is 893 g/mol. The summed E-state index contributed by atoms with van der Waals surface area (Å²) in [5, 5.41) is 0. The van der Waals surface area contributed by atoms with Gasteiger partial charge in [0.05, 0.1) is 7.11 Å². The molecule has 0 saturated carbocycles. The number of rotatable bonds is 22. The van der Waals surface area contributed by atoms with Crippen molar-refractivity contribution in [3.8, 4) is 23.0 Å². The monoisotopic (exact) mass is 958 g/mol. The Morgan fingerprint density at radius 3 is 0.929 bits per heavy atom. The molecule has 0 spiro atoms. The van der Waals surface area contributed by atoms with E-state index in [1.807, 2.05) is 34.6 Å². The van der Waals surface area contributed by atoms with Gasteiger partial charge in [-0.05, 0) is 98.5 Å².